The van der Waals surface area contributed by atoms with E-state index in [0.29, 0.717) is 17.9 Å². The fraction of sp³-hybridized carbons (Fsp3) is 0.680. The molecule has 6 nitrogen and oxygen atoms in total. The van der Waals surface area contributed by atoms with Crippen LogP contribution in [0.3, 0.4) is 0 Å². The van der Waals surface area contributed by atoms with Gasteiger partial charge in [0.05, 0.1) is 24.7 Å². The highest BCUT2D eigenvalue weighted by Gasteiger charge is 2.40. The van der Waals surface area contributed by atoms with Gasteiger partial charge in [0.15, 0.2) is 0 Å². The van der Waals surface area contributed by atoms with Crippen LogP contribution in [0.4, 0.5) is 0 Å². The van der Waals surface area contributed by atoms with Crippen molar-refractivity contribution in [3.63, 3.8) is 0 Å². The first-order chi connectivity index (χ1) is 15.6. The van der Waals surface area contributed by atoms with Crippen LogP contribution < -0.4 is 10.5 Å². The van der Waals surface area contributed by atoms with Crippen LogP contribution in [0.15, 0.2) is 12.3 Å². The molecule has 0 unspecified atom stereocenters. The Labute approximate surface area is 194 Å². The number of hydrogen-bond acceptors (Lipinski definition) is 6. The number of carbonyl (C=O) groups is 1. The van der Waals surface area contributed by atoms with Crippen LogP contribution in [0, 0.1) is 0 Å². The van der Waals surface area contributed by atoms with Crippen molar-refractivity contribution >= 4 is 27.5 Å². The average Bonchev–Trinajstić information content (AvgIpc) is 3.38. The molecule has 1 amide bonds. The largest absolute Gasteiger partial charge is 0.490 e. The summed E-state index contributed by atoms with van der Waals surface area (Å²) in [5.74, 6) is 1.16. The normalized spacial score (nSPS) is 28.7. The summed E-state index contributed by atoms with van der Waals surface area (Å²) >= 11 is 1.80. The van der Waals surface area contributed by atoms with Crippen molar-refractivity contribution in [1.82, 2.24) is 9.88 Å². The Kier molecular flexibility index (Phi) is 6.41. The van der Waals surface area contributed by atoms with Crippen LogP contribution in [0.5, 0.6) is 5.75 Å². The highest BCUT2D eigenvalue weighted by atomic mass is 32.1. The topological polar surface area (TPSA) is 77.7 Å². The van der Waals surface area contributed by atoms with Crippen LogP contribution >= 0.6 is 11.3 Å². The first kappa shape index (κ1) is 22.1. The fourth-order valence-corrected chi connectivity index (χ4v) is 7.45. The summed E-state index contributed by atoms with van der Waals surface area (Å²) in [4.78, 5) is 21.2. The summed E-state index contributed by atoms with van der Waals surface area (Å²) in [5.41, 5.74) is 7.12. The van der Waals surface area contributed by atoms with Gasteiger partial charge in [0.25, 0.3) is 0 Å². The van der Waals surface area contributed by atoms with E-state index in [1.165, 1.54) is 35.1 Å². The Morgan fingerprint density at radius 1 is 1.31 bits per heavy atom. The number of pyridine rings is 1. The van der Waals surface area contributed by atoms with Crippen LogP contribution in [-0.4, -0.2) is 53.7 Å². The summed E-state index contributed by atoms with van der Waals surface area (Å²) in [7, 11) is 0. The molecule has 0 spiro atoms. The van der Waals surface area contributed by atoms with Gasteiger partial charge < -0.3 is 15.2 Å². The minimum Gasteiger partial charge on any atom is -0.490 e. The number of nitrogens with two attached hydrogens (primary N) is 1. The molecule has 2 aromatic rings. The lowest BCUT2D eigenvalue weighted by molar-refractivity contribution is -0.118. The van der Waals surface area contributed by atoms with Gasteiger partial charge >= 0.3 is 0 Å². The molecule has 0 aromatic carbocycles. The van der Waals surface area contributed by atoms with Gasteiger partial charge in [-0.05, 0) is 68.9 Å². The molecule has 1 aliphatic heterocycles. The quantitative estimate of drug-likeness (QED) is 0.667. The molecule has 174 valence electrons. The first-order valence-corrected chi connectivity index (χ1v) is 13.1. The Bertz CT molecular complexity index is 961. The molecule has 1 saturated heterocycles. The van der Waals surface area contributed by atoms with Gasteiger partial charge in [-0.3, -0.25) is 9.69 Å². The molecule has 1 atom stereocenters. The second-order valence-corrected chi connectivity index (χ2v) is 10.7. The lowest BCUT2D eigenvalue weighted by Gasteiger charge is -2.49. The zero-order valence-corrected chi connectivity index (χ0v) is 19.9. The van der Waals surface area contributed by atoms with Crippen molar-refractivity contribution in [3.05, 3.63) is 22.7 Å². The molecule has 0 radical (unpaired) electrons. The number of morpholine rings is 1. The Balaban J connectivity index is 1.33. The number of carbonyl (C=O) groups excluding carboxylic acids is 1. The van der Waals surface area contributed by atoms with Gasteiger partial charge in [-0.2, -0.15) is 0 Å². The number of thiophene rings is 1. The van der Waals surface area contributed by atoms with Crippen molar-refractivity contribution in [1.29, 1.82) is 0 Å². The molecule has 3 heterocycles. The van der Waals surface area contributed by atoms with E-state index in [4.69, 9.17) is 15.2 Å². The molecule has 5 rings (SSSR count). The van der Waals surface area contributed by atoms with Crippen LogP contribution in [0.25, 0.3) is 10.2 Å². The summed E-state index contributed by atoms with van der Waals surface area (Å²) in [6, 6.07) is 2.04. The van der Waals surface area contributed by atoms with Crippen molar-refractivity contribution < 1.29 is 14.3 Å². The van der Waals surface area contributed by atoms with E-state index < -0.39 is 0 Å². The minimum absolute atomic E-state index is 0.213. The van der Waals surface area contributed by atoms with Crippen molar-refractivity contribution in [2.45, 2.75) is 82.3 Å². The van der Waals surface area contributed by atoms with Gasteiger partial charge in [-0.25, -0.2) is 4.98 Å². The van der Waals surface area contributed by atoms with E-state index in [1.54, 1.807) is 11.3 Å². The molecule has 7 heteroatoms. The molecule has 3 aliphatic rings. The number of ether oxygens (including phenoxy) is 2. The lowest BCUT2D eigenvalue weighted by atomic mass is 9.77. The third-order valence-corrected chi connectivity index (χ3v) is 9.21. The number of amides is 1. The Morgan fingerprint density at radius 3 is 2.81 bits per heavy atom. The van der Waals surface area contributed by atoms with E-state index in [-0.39, 0.29) is 12.0 Å². The number of nitrogens with zero attached hydrogens (tertiary/aromatic N) is 2. The Morgan fingerprint density at radius 2 is 2.09 bits per heavy atom. The van der Waals surface area contributed by atoms with Gasteiger partial charge in [0, 0.05) is 36.1 Å². The SMILES string of the molecule is CCC1(N2CCOCC2)CCC(Oc2ccnc3sc4c(c23)[C@@H](CCC(N)=O)CC4)CC1. The standard InChI is InChI=1S/C25H35N3O3S/c1-2-25(28-13-15-30-16-14-28)10-7-18(8-11-25)31-19-9-12-27-24-23(19)22-17(4-6-21(26)29)3-5-20(22)32-24/h9,12,17-18H,2-8,10-11,13-16H2,1H3,(H2,26,29)/t17-,18?,25?/m1/s1. The smallest absolute Gasteiger partial charge is 0.217 e. The van der Waals surface area contributed by atoms with Crippen molar-refractivity contribution in [2.24, 2.45) is 5.73 Å². The number of rotatable bonds is 7. The van der Waals surface area contributed by atoms with Gasteiger partial charge in [-0.15, -0.1) is 11.3 Å². The van der Waals surface area contributed by atoms with Crippen LogP contribution in [0.1, 0.15) is 74.6 Å². The molecule has 2 fully saturated rings. The maximum absolute atomic E-state index is 11.4. The lowest BCUT2D eigenvalue weighted by Crippen LogP contribution is -2.55. The third-order valence-electron chi connectivity index (χ3n) is 8.03. The molecule has 2 aliphatic carbocycles. The van der Waals surface area contributed by atoms with E-state index in [1.807, 2.05) is 12.3 Å². The van der Waals surface area contributed by atoms with Crippen molar-refractivity contribution in [3.8, 4) is 5.75 Å². The summed E-state index contributed by atoms with van der Waals surface area (Å²) in [6.45, 7) is 6.16. The highest BCUT2D eigenvalue weighted by Crippen LogP contribution is 2.48. The highest BCUT2D eigenvalue weighted by molar-refractivity contribution is 7.19. The van der Waals surface area contributed by atoms with E-state index >= 15 is 0 Å². The molecule has 1 saturated carbocycles. The zero-order chi connectivity index (χ0) is 22.1. The number of fused-ring (bicyclic) bond motifs is 3. The summed E-state index contributed by atoms with van der Waals surface area (Å²) < 4.78 is 12.3. The number of aryl methyl sites for hydroxylation is 1. The van der Waals surface area contributed by atoms with Gasteiger partial charge in [-0.1, -0.05) is 6.92 Å². The number of primary amides is 1. The second-order valence-electron chi connectivity index (χ2n) is 9.66. The van der Waals surface area contributed by atoms with Crippen LogP contribution in [0.2, 0.25) is 0 Å². The molecule has 2 N–H and O–H groups in total. The predicted octanol–water partition coefficient (Wildman–Crippen LogP) is 4.39. The Hall–Kier alpha value is -1.70. The maximum Gasteiger partial charge on any atom is 0.217 e. The zero-order valence-electron chi connectivity index (χ0n) is 19.1. The molecule has 2 aromatic heterocycles. The third kappa shape index (κ3) is 4.15. The number of hydrogen-bond donors (Lipinski definition) is 1. The summed E-state index contributed by atoms with van der Waals surface area (Å²) in [6.07, 6.45) is 11.3. The van der Waals surface area contributed by atoms with Crippen molar-refractivity contribution in [2.75, 3.05) is 26.3 Å². The van der Waals surface area contributed by atoms with Gasteiger partial charge in [0.1, 0.15) is 10.6 Å². The second kappa shape index (κ2) is 9.27. The molecular formula is C25H35N3O3S. The van der Waals surface area contributed by atoms with Crippen LogP contribution in [-0.2, 0) is 16.0 Å². The van der Waals surface area contributed by atoms with E-state index in [2.05, 4.69) is 16.8 Å². The maximum atomic E-state index is 11.4. The fourth-order valence-electron chi connectivity index (χ4n) is 6.19. The van der Waals surface area contributed by atoms with Gasteiger partial charge in [0.2, 0.25) is 5.91 Å². The van der Waals surface area contributed by atoms with E-state index in [9.17, 15) is 4.79 Å². The summed E-state index contributed by atoms with van der Waals surface area (Å²) in [5, 5.41) is 1.19. The van der Waals surface area contributed by atoms with E-state index in [0.717, 1.165) is 69.0 Å². The monoisotopic (exact) mass is 457 g/mol. The average molecular weight is 458 g/mol. The molecule has 32 heavy (non-hydrogen) atoms. The number of aromatic nitrogens is 1. The minimum atomic E-state index is -0.213. The molecular weight excluding hydrogens is 422 g/mol. The molecule has 0 bridgehead atoms. The first-order valence-electron chi connectivity index (χ1n) is 12.3. The predicted molar refractivity (Wildman–Crippen MR) is 127 cm³/mol.